The minimum atomic E-state index is 0.784. The van der Waals surface area contributed by atoms with E-state index in [0.717, 1.165) is 25.3 Å². The Bertz CT molecular complexity index is 258. The second kappa shape index (κ2) is 7.75. The Morgan fingerprint density at radius 2 is 2.13 bits per heavy atom. The average Bonchev–Trinajstić information content (AvgIpc) is 2.69. The zero-order valence-corrected chi connectivity index (χ0v) is 10.3. The van der Waals surface area contributed by atoms with Gasteiger partial charge in [-0.2, -0.15) is 0 Å². The monoisotopic (exact) mass is 228 g/mol. The van der Waals surface area contributed by atoms with Crippen molar-refractivity contribution in [3.05, 3.63) is 18.2 Å². The van der Waals surface area contributed by atoms with Gasteiger partial charge < -0.3 is 4.57 Å². The molecule has 0 aliphatic carbocycles. The molecular formula is C12H21ClN2. The molecule has 1 rings (SSSR count). The van der Waals surface area contributed by atoms with Crippen molar-refractivity contribution in [2.45, 2.75) is 52.0 Å². The van der Waals surface area contributed by atoms with Crippen molar-refractivity contribution < 1.29 is 0 Å². The van der Waals surface area contributed by atoms with Crippen LogP contribution in [-0.2, 0) is 13.0 Å². The van der Waals surface area contributed by atoms with E-state index in [1.807, 2.05) is 6.20 Å². The molecule has 0 amide bonds. The lowest BCUT2D eigenvalue weighted by molar-refractivity contribution is 0.573. The lowest BCUT2D eigenvalue weighted by Gasteiger charge is -2.06. The second-order valence-electron chi connectivity index (χ2n) is 3.89. The molecule has 1 aromatic heterocycles. The van der Waals surface area contributed by atoms with Crippen LogP contribution in [0.25, 0.3) is 0 Å². The summed E-state index contributed by atoms with van der Waals surface area (Å²) in [5.74, 6) is 2.02. The Hall–Kier alpha value is -0.500. The smallest absolute Gasteiger partial charge is 0.108 e. The molecule has 0 aromatic carbocycles. The van der Waals surface area contributed by atoms with Gasteiger partial charge >= 0.3 is 0 Å². The van der Waals surface area contributed by atoms with E-state index >= 15 is 0 Å². The maximum absolute atomic E-state index is 5.64. The summed E-state index contributed by atoms with van der Waals surface area (Å²) >= 11 is 5.64. The third-order valence-electron chi connectivity index (χ3n) is 2.59. The summed E-state index contributed by atoms with van der Waals surface area (Å²) in [6, 6.07) is 0. The van der Waals surface area contributed by atoms with Gasteiger partial charge in [-0.3, -0.25) is 0 Å². The number of rotatable bonds is 8. The lowest BCUT2D eigenvalue weighted by Crippen LogP contribution is -2.03. The van der Waals surface area contributed by atoms with E-state index < -0.39 is 0 Å². The molecule has 0 saturated carbocycles. The molecule has 0 aliphatic heterocycles. The summed E-state index contributed by atoms with van der Waals surface area (Å²) in [6.45, 7) is 3.31. The fourth-order valence-corrected chi connectivity index (χ4v) is 1.85. The number of hydrogen-bond donors (Lipinski definition) is 0. The first-order chi connectivity index (χ1) is 7.38. The maximum Gasteiger partial charge on any atom is 0.108 e. The number of nitrogens with zero attached hydrogens (tertiary/aromatic N) is 2. The summed E-state index contributed by atoms with van der Waals surface area (Å²) in [5, 5.41) is 0. The molecule has 3 heteroatoms. The van der Waals surface area contributed by atoms with E-state index in [4.69, 9.17) is 11.6 Å². The summed E-state index contributed by atoms with van der Waals surface area (Å²) in [6.07, 6.45) is 11.1. The second-order valence-corrected chi connectivity index (χ2v) is 4.27. The molecule has 0 N–H and O–H groups in total. The molecule has 0 aliphatic rings. The van der Waals surface area contributed by atoms with E-state index in [1.165, 1.54) is 31.5 Å². The highest BCUT2D eigenvalue weighted by Crippen LogP contribution is 2.06. The molecule has 15 heavy (non-hydrogen) atoms. The first-order valence-corrected chi connectivity index (χ1v) is 6.48. The van der Waals surface area contributed by atoms with Gasteiger partial charge in [0, 0.05) is 31.2 Å². The third-order valence-corrected chi connectivity index (χ3v) is 2.86. The van der Waals surface area contributed by atoms with Gasteiger partial charge in [0.1, 0.15) is 5.82 Å². The van der Waals surface area contributed by atoms with Crippen LogP contribution in [0.15, 0.2) is 12.4 Å². The largest absolute Gasteiger partial charge is 0.335 e. The molecule has 1 aromatic rings. The van der Waals surface area contributed by atoms with Crippen LogP contribution in [-0.4, -0.2) is 15.4 Å². The highest BCUT2D eigenvalue weighted by atomic mass is 35.5. The van der Waals surface area contributed by atoms with Gasteiger partial charge in [-0.1, -0.05) is 19.8 Å². The van der Waals surface area contributed by atoms with Crippen molar-refractivity contribution in [3.63, 3.8) is 0 Å². The molecule has 0 unspecified atom stereocenters. The van der Waals surface area contributed by atoms with Crippen LogP contribution in [0.4, 0.5) is 0 Å². The summed E-state index contributed by atoms with van der Waals surface area (Å²) < 4.78 is 2.28. The third kappa shape index (κ3) is 4.70. The summed E-state index contributed by atoms with van der Waals surface area (Å²) in [5.41, 5.74) is 0. The van der Waals surface area contributed by atoms with Gasteiger partial charge in [0.05, 0.1) is 0 Å². The Balaban J connectivity index is 2.29. The van der Waals surface area contributed by atoms with Gasteiger partial charge in [-0.15, -0.1) is 11.6 Å². The Kier molecular flexibility index (Phi) is 6.49. The zero-order valence-electron chi connectivity index (χ0n) is 9.58. The molecule has 2 nitrogen and oxygen atoms in total. The van der Waals surface area contributed by atoms with Crippen molar-refractivity contribution in [2.24, 2.45) is 0 Å². The zero-order chi connectivity index (χ0) is 10.9. The van der Waals surface area contributed by atoms with Crippen LogP contribution < -0.4 is 0 Å². The number of hydrogen-bond acceptors (Lipinski definition) is 1. The standard InChI is InChI=1S/C12H21ClN2/c1-2-3-7-12-14-9-11-15(12)10-6-4-5-8-13/h9,11H,2-8,10H2,1H3. The number of aryl methyl sites for hydroxylation is 2. The fraction of sp³-hybridized carbons (Fsp3) is 0.750. The van der Waals surface area contributed by atoms with Crippen molar-refractivity contribution in [2.75, 3.05) is 5.88 Å². The average molecular weight is 229 g/mol. The van der Waals surface area contributed by atoms with Crippen LogP contribution in [0.5, 0.6) is 0 Å². The number of imidazole rings is 1. The molecule has 0 fully saturated rings. The van der Waals surface area contributed by atoms with Crippen LogP contribution in [0.3, 0.4) is 0 Å². The normalized spacial score (nSPS) is 10.8. The van der Waals surface area contributed by atoms with Gasteiger partial charge in [0.25, 0.3) is 0 Å². The minimum Gasteiger partial charge on any atom is -0.335 e. The highest BCUT2D eigenvalue weighted by molar-refractivity contribution is 6.17. The Morgan fingerprint density at radius 1 is 1.27 bits per heavy atom. The molecule has 0 bridgehead atoms. The molecule has 0 atom stereocenters. The van der Waals surface area contributed by atoms with E-state index in [2.05, 4.69) is 22.7 Å². The molecule has 86 valence electrons. The van der Waals surface area contributed by atoms with Crippen LogP contribution >= 0.6 is 11.6 Å². The maximum atomic E-state index is 5.64. The predicted octanol–water partition coefficient (Wildman–Crippen LogP) is 3.63. The quantitative estimate of drug-likeness (QED) is 0.491. The van der Waals surface area contributed by atoms with Gasteiger partial charge in [-0.25, -0.2) is 4.98 Å². The molecule has 0 saturated heterocycles. The number of unbranched alkanes of at least 4 members (excludes halogenated alkanes) is 3. The molecule has 0 spiro atoms. The first-order valence-electron chi connectivity index (χ1n) is 5.94. The van der Waals surface area contributed by atoms with E-state index in [1.54, 1.807) is 0 Å². The van der Waals surface area contributed by atoms with Gasteiger partial charge in [0.2, 0.25) is 0 Å². The Labute approximate surface area is 97.7 Å². The van der Waals surface area contributed by atoms with E-state index in [-0.39, 0.29) is 0 Å². The van der Waals surface area contributed by atoms with Crippen molar-refractivity contribution in [1.82, 2.24) is 9.55 Å². The fourth-order valence-electron chi connectivity index (χ4n) is 1.66. The number of aromatic nitrogens is 2. The van der Waals surface area contributed by atoms with Crippen molar-refractivity contribution >= 4 is 11.6 Å². The number of alkyl halides is 1. The predicted molar refractivity (Wildman–Crippen MR) is 65.4 cm³/mol. The highest BCUT2D eigenvalue weighted by Gasteiger charge is 2.01. The summed E-state index contributed by atoms with van der Waals surface area (Å²) in [7, 11) is 0. The minimum absolute atomic E-state index is 0.784. The van der Waals surface area contributed by atoms with Crippen LogP contribution in [0.1, 0.15) is 44.9 Å². The van der Waals surface area contributed by atoms with Crippen molar-refractivity contribution in [1.29, 1.82) is 0 Å². The van der Waals surface area contributed by atoms with Crippen LogP contribution in [0.2, 0.25) is 0 Å². The van der Waals surface area contributed by atoms with Crippen LogP contribution in [0, 0.1) is 0 Å². The van der Waals surface area contributed by atoms with E-state index in [0.29, 0.717) is 0 Å². The topological polar surface area (TPSA) is 17.8 Å². The lowest BCUT2D eigenvalue weighted by atomic mass is 10.2. The molecular weight excluding hydrogens is 208 g/mol. The summed E-state index contributed by atoms with van der Waals surface area (Å²) in [4.78, 5) is 4.39. The number of halogens is 1. The first kappa shape index (κ1) is 12.6. The SMILES string of the molecule is CCCCc1nccn1CCCCCCl. The molecule has 0 radical (unpaired) electrons. The van der Waals surface area contributed by atoms with Gasteiger partial charge in [0.15, 0.2) is 0 Å². The molecule has 1 heterocycles. The van der Waals surface area contributed by atoms with E-state index in [9.17, 15) is 0 Å². The Morgan fingerprint density at radius 3 is 2.87 bits per heavy atom. The van der Waals surface area contributed by atoms with Crippen molar-refractivity contribution in [3.8, 4) is 0 Å². The van der Waals surface area contributed by atoms with Gasteiger partial charge in [-0.05, 0) is 19.3 Å².